The number of amides is 1. The third-order valence-electron chi connectivity index (χ3n) is 4.45. The normalized spacial score (nSPS) is 12.7. The van der Waals surface area contributed by atoms with Crippen LogP contribution < -0.4 is 0 Å². The van der Waals surface area contributed by atoms with Crippen LogP contribution in [0.25, 0.3) is 6.08 Å². The number of carbonyl (C=O) groups excluding carboxylic acids is 1. The second-order valence-electron chi connectivity index (χ2n) is 6.47. The van der Waals surface area contributed by atoms with Gasteiger partial charge in [0.15, 0.2) is 0 Å². The molecule has 1 amide bonds. The largest absolute Gasteiger partial charge is 0.416 e. The van der Waals surface area contributed by atoms with Crippen molar-refractivity contribution in [2.45, 2.75) is 12.2 Å². The summed E-state index contributed by atoms with van der Waals surface area (Å²) < 4.78 is 38.6. The summed E-state index contributed by atoms with van der Waals surface area (Å²) in [5.74, 6) is -0.345. The Hall–Kier alpha value is -3.41. The monoisotopic (exact) mass is 396 g/mol. The number of nitrogens with zero attached hydrogens (tertiary/aromatic N) is 2. The van der Waals surface area contributed by atoms with Crippen LogP contribution in [-0.4, -0.2) is 22.8 Å². The molecule has 0 fully saturated rings. The number of hydrogen-bond donors (Lipinski definition) is 0. The van der Waals surface area contributed by atoms with Gasteiger partial charge < -0.3 is 4.90 Å². The van der Waals surface area contributed by atoms with Gasteiger partial charge in [-0.1, -0.05) is 48.5 Å². The Bertz CT molecular complexity index is 946. The number of likely N-dealkylation sites (N-methyl/N-ethyl adjacent to an activating group) is 1. The van der Waals surface area contributed by atoms with E-state index in [1.807, 2.05) is 42.5 Å². The van der Waals surface area contributed by atoms with Crippen molar-refractivity contribution < 1.29 is 18.0 Å². The quantitative estimate of drug-likeness (QED) is 0.544. The van der Waals surface area contributed by atoms with Gasteiger partial charge in [-0.25, -0.2) is 0 Å². The second-order valence-corrected chi connectivity index (χ2v) is 6.47. The molecule has 0 spiro atoms. The second kappa shape index (κ2) is 8.73. The van der Waals surface area contributed by atoms with Crippen molar-refractivity contribution in [1.82, 2.24) is 9.88 Å². The molecule has 0 N–H and O–H groups in total. The first-order valence-corrected chi connectivity index (χ1v) is 8.94. The molecule has 29 heavy (non-hydrogen) atoms. The van der Waals surface area contributed by atoms with E-state index in [0.29, 0.717) is 11.3 Å². The zero-order valence-corrected chi connectivity index (χ0v) is 15.7. The van der Waals surface area contributed by atoms with E-state index in [0.717, 1.165) is 17.7 Å². The minimum Gasteiger partial charge on any atom is -0.329 e. The molecule has 0 bridgehead atoms. The SMILES string of the molecule is CN(C(=O)C=Cc1cccc(C(F)(F)F)c1)C(c1ccccc1)c1ccccn1. The predicted molar refractivity (Wildman–Crippen MR) is 106 cm³/mol. The molecule has 1 unspecified atom stereocenters. The van der Waals surface area contributed by atoms with Gasteiger partial charge in [-0.2, -0.15) is 13.2 Å². The van der Waals surface area contributed by atoms with Crippen molar-refractivity contribution >= 4 is 12.0 Å². The van der Waals surface area contributed by atoms with Crippen molar-refractivity contribution in [2.75, 3.05) is 7.05 Å². The van der Waals surface area contributed by atoms with Crippen molar-refractivity contribution in [3.8, 4) is 0 Å². The highest BCUT2D eigenvalue weighted by atomic mass is 19.4. The van der Waals surface area contributed by atoms with Crippen LogP contribution in [0.4, 0.5) is 13.2 Å². The first-order valence-electron chi connectivity index (χ1n) is 8.94. The average molecular weight is 396 g/mol. The number of halogens is 3. The van der Waals surface area contributed by atoms with Gasteiger partial charge in [-0.3, -0.25) is 9.78 Å². The summed E-state index contributed by atoms with van der Waals surface area (Å²) >= 11 is 0. The predicted octanol–water partition coefficient (Wildman–Crippen LogP) is 5.36. The highest BCUT2D eigenvalue weighted by molar-refractivity contribution is 5.92. The Morgan fingerprint density at radius 3 is 2.38 bits per heavy atom. The molecule has 1 atom stereocenters. The van der Waals surface area contributed by atoms with Crippen molar-refractivity contribution in [3.05, 3.63) is 107 Å². The molecular weight excluding hydrogens is 377 g/mol. The van der Waals surface area contributed by atoms with Crippen LogP contribution in [0.1, 0.15) is 28.4 Å². The fourth-order valence-corrected chi connectivity index (χ4v) is 3.00. The summed E-state index contributed by atoms with van der Waals surface area (Å²) in [5, 5.41) is 0. The van der Waals surface area contributed by atoms with Gasteiger partial charge in [0.05, 0.1) is 17.3 Å². The first-order chi connectivity index (χ1) is 13.9. The van der Waals surface area contributed by atoms with E-state index in [-0.39, 0.29) is 5.91 Å². The molecule has 0 radical (unpaired) electrons. The number of benzene rings is 2. The van der Waals surface area contributed by atoms with Gasteiger partial charge in [0, 0.05) is 19.3 Å². The highest BCUT2D eigenvalue weighted by Crippen LogP contribution is 2.30. The Morgan fingerprint density at radius 1 is 1.00 bits per heavy atom. The molecular formula is C23H19F3N2O. The standard InChI is InChI=1S/C23H19F3N2O/c1-28(21(29)14-13-17-8-7-11-19(16-17)23(24,25)26)22(18-9-3-2-4-10-18)20-12-5-6-15-27-20/h2-16,22H,1H3. The molecule has 0 aliphatic carbocycles. The summed E-state index contributed by atoms with van der Waals surface area (Å²) in [5.41, 5.74) is 1.13. The molecule has 1 aromatic heterocycles. The zero-order valence-electron chi connectivity index (χ0n) is 15.7. The smallest absolute Gasteiger partial charge is 0.329 e. The zero-order chi connectivity index (χ0) is 20.9. The topological polar surface area (TPSA) is 33.2 Å². The number of aromatic nitrogens is 1. The van der Waals surface area contributed by atoms with Crippen molar-refractivity contribution in [3.63, 3.8) is 0 Å². The molecule has 0 saturated carbocycles. The summed E-state index contributed by atoms with van der Waals surface area (Å²) in [7, 11) is 1.64. The van der Waals surface area contributed by atoms with Crippen molar-refractivity contribution in [2.24, 2.45) is 0 Å². The number of carbonyl (C=O) groups is 1. The third-order valence-corrected chi connectivity index (χ3v) is 4.45. The van der Waals surface area contributed by atoms with E-state index < -0.39 is 17.8 Å². The van der Waals surface area contributed by atoms with E-state index in [1.54, 1.807) is 19.3 Å². The van der Waals surface area contributed by atoms with E-state index in [4.69, 9.17) is 0 Å². The van der Waals surface area contributed by atoms with Crippen LogP contribution in [0, 0.1) is 0 Å². The maximum atomic E-state index is 12.9. The molecule has 6 heteroatoms. The van der Waals surface area contributed by atoms with Crippen LogP contribution in [0.3, 0.4) is 0 Å². The number of rotatable bonds is 5. The van der Waals surface area contributed by atoms with Crippen LogP contribution in [0.2, 0.25) is 0 Å². The highest BCUT2D eigenvalue weighted by Gasteiger charge is 2.30. The minimum absolute atomic E-state index is 0.302. The lowest BCUT2D eigenvalue weighted by Gasteiger charge is -2.27. The van der Waals surface area contributed by atoms with Crippen molar-refractivity contribution in [1.29, 1.82) is 0 Å². The fourth-order valence-electron chi connectivity index (χ4n) is 3.00. The van der Waals surface area contributed by atoms with E-state index in [2.05, 4.69) is 4.98 Å². The molecule has 2 aromatic carbocycles. The molecule has 0 aliphatic heterocycles. The Balaban J connectivity index is 1.86. The molecule has 3 rings (SSSR count). The summed E-state index contributed by atoms with van der Waals surface area (Å²) in [4.78, 5) is 18.7. The van der Waals surface area contributed by atoms with Crippen LogP contribution in [0.5, 0.6) is 0 Å². The number of pyridine rings is 1. The lowest BCUT2D eigenvalue weighted by atomic mass is 10.0. The maximum absolute atomic E-state index is 12.9. The lowest BCUT2D eigenvalue weighted by molar-refractivity contribution is -0.137. The minimum atomic E-state index is -4.43. The maximum Gasteiger partial charge on any atom is 0.416 e. The summed E-state index contributed by atoms with van der Waals surface area (Å²) in [6, 6.07) is 19.3. The van der Waals surface area contributed by atoms with Gasteiger partial charge in [0.25, 0.3) is 0 Å². The molecule has 0 aliphatic rings. The van der Waals surface area contributed by atoms with Crippen LogP contribution in [-0.2, 0) is 11.0 Å². The van der Waals surface area contributed by atoms with Gasteiger partial charge in [0.1, 0.15) is 0 Å². The molecule has 1 heterocycles. The Morgan fingerprint density at radius 2 is 1.72 bits per heavy atom. The van der Waals surface area contributed by atoms with E-state index >= 15 is 0 Å². The number of alkyl halides is 3. The fraction of sp³-hybridized carbons (Fsp3) is 0.130. The summed E-state index contributed by atoms with van der Waals surface area (Å²) in [6.45, 7) is 0. The van der Waals surface area contributed by atoms with E-state index in [9.17, 15) is 18.0 Å². The molecule has 3 aromatic rings. The molecule has 3 nitrogen and oxygen atoms in total. The van der Waals surface area contributed by atoms with Gasteiger partial charge >= 0.3 is 6.18 Å². The summed E-state index contributed by atoms with van der Waals surface area (Å²) in [6.07, 6.45) is -0.118. The van der Waals surface area contributed by atoms with Gasteiger partial charge in [-0.15, -0.1) is 0 Å². The van der Waals surface area contributed by atoms with Crippen LogP contribution >= 0.6 is 0 Å². The number of hydrogen-bond acceptors (Lipinski definition) is 2. The Kier molecular flexibility index (Phi) is 6.12. The molecule has 148 valence electrons. The van der Waals surface area contributed by atoms with Gasteiger partial charge in [0.2, 0.25) is 5.91 Å². The lowest BCUT2D eigenvalue weighted by Crippen LogP contribution is -2.31. The van der Waals surface area contributed by atoms with E-state index in [1.165, 1.54) is 29.2 Å². The first kappa shape index (κ1) is 20.3. The Labute approximate surface area is 167 Å². The van der Waals surface area contributed by atoms with Crippen LogP contribution in [0.15, 0.2) is 85.1 Å². The third kappa shape index (κ3) is 5.10. The molecule has 0 saturated heterocycles. The van der Waals surface area contributed by atoms with Gasteiger partial charge in [-0.05, 0) is 41.5 Å². The average Bonchev–Trinajstić information content (AvgIpc) is 2.73.